The Bertz CT molecular complexity index is 1080. The minimum Gasteiger partial charge on any atom is -0.454 e. The predicted octanol–water partition coefficient (Wildman–Crippen LogP) is 5.26. The third kappa shape index (κ3) is 4.63. The number of anilines is 1. The largest absolute Gasteiger partial charge is 0.454 e. The molecule has 1 aromatic carbocycles. The monoisotopic (exact) mass is 435 g/mol. The van der Waals surface area contributed by atoms with Crippen molar-refractivity contribution in [1.82, 2.24) is 9.78 Å². The molecule has 0 aliphatic carbocycles. The Hall–Kier alpha value is -3.31. The van der Waals surface area contributed by atoms with Gasteiger partial charge in [-0.1, -0.05) is 0 Å². The van der Waals surface area contributed by atoms with Gasteiger partial charge in [0.15, 0.2) is 11.5 Å². The summed E-state index contributed by atoms with van der Waals surface area (Å²) in [6.07, 6.45) is -10.1. The number of aromatic nitrogens is 2. The van der Waals surface area contributed by atoms with Gasteiger partial charge in [-0.2, -0.15) is 31.4 Å². The lowest BCUT2D eigenvalue weighted by Crippen LogP contribution is -2.15. The number of alkyl halides is 6. The van der Waals surface area contributed by atoms with Crippen LogP contribution in [0.1, 0.15) is 33.3 Å². The van der Waals surface area contributed by atoms with Gasteiger partial charge in [-0.3, -0.25) is 9.48 Å². The summed E-state index contributed by atoms with van der Waals surface area (Å²) >= 11 is 0. The van der Waals surface area contributed by atoms with Gasteiger partial charge in [-0.05, 0) is 42.8 Å². The van der Waals surface area contributed by atoms with E-state index in [1.807, 2.05) is 0 Å². The molecule has 0 aliphatic heterocycles. The highest BCUT2D eigenvalue weighted by atomic mass is 19.4. The summed E-state index contributed by atoms with van der Waals surface area (Å²) in [6, 6.07) is 5.79. The van der Waals surface area contributed by atoms with E-state index < -0.39 is 42.0 Å². The Morgan fingerprint density at radius 2 is 1.77 bits per heavy atom. The quantitative estimate of drug-likeness (QED) is 0.569. The van der Waals surface area contributed by atoms with E-state index in [1.165, 1.54) is 12.1 Å². The second kappa shape index (κ2) is 7.50. The van der Waals surface area contributed by atoms with Crippen molar-refractivity contribution in [3.8, 4) is 0 Å². The van der Waals surface area contributed by atoms with Gasteiger partial charge in [0, 0.05) is 11.8 Å². The minimum absolute atomic E-state index is 0.103. The van der Waals surface area contributed by atoms with Crippen LogP contribution in [-0.4, -0.2) is 15.7 Å². The molecule has 0 bridgehead atoms. The Kier molecular flexibility index (Phi) is 5.35. The second-order valence-electron chi connectivity index (χ2n) is 6.25. The molecule has 5 nitrogen and oxygen atoms in total. The molecule has 0 radical (unpaired) electrons. The highest BCUT2D eigenvalue weighted by Gasteiger charge is 2.42. The molecule has 0 saturated heterocycles. The van der Waals surface area contributed by atoms with Crippen molar-refractivity contribution in [2.45, 2.75) is 25.8 Å². The van der Waals surface area contributed by atoms with Crippen LogP contribution in [0.3, 0.4) is 0 Å². The van der Waals surface area contributed by atoms with Crippen LogP contribution in [-0.2, 0) is 18.9 Å². The highest BCUT2D eigenvalue weighted by molar-refractivity contribution is 6.02. The van der Waals surface area contributed by atoms with Gasteiger partial charge in [0.25, 0.3) is 5.91 Å². The molecule has 1 amide bonds. The van der Waals surface area contributed by atoms with E-state index in [9.17, 15) is 35.5 Å². The van der Waals surface area contributed by atoms with Crippen LogP contribution in [0.2, 0.25) is 0 Å². The summed E-state index contributed by atoms with van der Waals surface area (Å²) < 4.78 is 95.7. The number of hydrogen-bond donors (Lipinski definition) is 1. The lowest BCUT2D eigenvalue weighted by Gasteiger charge is -2.09. The Labute approximate surface area is 164 Å². The molecule has 0 atom stereocenters. The van der Waals surface area contributed by atoms with E-state index in [-0.39, 0.29) is 28.0 Å². The number of nitrogens with zero attached hydrogens (tertiary/aromatic N) is 2. The molecule has 0 saturated carbocycles. The van der Waals surface area contributed by atoms with E-state index in [0.717, 1.165) is 18.2 Å². The number of aryl methyl sites for hydroxylation is 1. The molecule has 0 spiro atoms. The first kappa shape index (κ1) is 21.4. The summed E-state index contributed by atoms with van der Waals surface area (Å²) in [5.41, 5.74) is -2.62. The third-order valence-corrected chi connectivity index (χ3v) is 3.99. The summed E-state index contributed by atoms with van der Waals surface area (Å²) in [7, 11) is 0. The minimum atomic E-state index is -5.08. The van der Waals surface area contributed by atoms with Crippen LogP contribution in [0.4, 0.5) is 36.4 Å². The molecule has 3 aromatic rings. The number of rotatable bonds is 4. The lowest BCUT2D eigenvalue weighted by atomic mass is 10.2. The van der Waals surface area contributed by atoms with E-state index in [1.54, 1.807) is 6.92 Å². The predicted molar refractivity (Wildman–Crippen MR) is 89.1 cm³/mol. The number of furan rings is 1. The number of carbonyl (C=O) groups is 1. The zero-order valence-corrected chi connectivity index (χ0v) is 15.0. The molecule has 0 unspecified atom stereocenters. The zero-order chi connectivity index (χ0) is 22.3. The summed E-state index contributed by atoms with van der Waals surface area (Å²) in [6.45, 7) is 0.759. The van der Waals surface area contributed by atoms with E-state index in [2.05, 4.69) is 10.4 Å². The standard InChI is InChI=1S/C18H12F7N3O2/c1-9-6-10(19)2-4-12(9)26-16(29)13-5-3-11(30-13)8-28-15(18(23,24)25)7-14(27-28)17(20,21)22/h2-7H,8H2,1H3,(H,26,29). The molecule has 0 fully saturated rings. The van der Waals surface area contributed by atoms with E-state index in [4.69, 9.17) is 4.42 Å². The molecular weight excluding hydrogens is 423 g/mol. The van der Waals surface area contributed by atoms with Gasteiger partial charge in [-0.25, -0.2) is 4.39 Å². The first-order chi connectivity index (χ1) is 13.8. The Morgan fingerprint density at radius 3 is 2.37 bits per heavy atom. The molecule has 160 valence electrons. The van der Waals surface area contributed by atoms with E-state index in [0.29, 0.717) is 5.56 Å². The van der Waals surface area contributed by atoms with Crippen LogP contribution in [0.25, 0.3) is 0 Å². The average Bonchev–Trinajstić information content (AvgIpc) is 3.24. The normalized spacial score (nSPS) is 12.3. The zero-order valence-electron chi connectivity index (χ0n) is 15.0. The van der Waals surface area contributed by atoms with Gasteiger partial charge in [0.1, 0.15) is 17.3 Å². The van der Waals surface area contributed by atoms with E-state index >= 15 is 0 Å². The van der Waals surface area contributed by atoms with Crippen LogP contribution in [0, 0.1) is 12.7 Å². The molecule has 1 N–H and O–H groups in total. The topological polar surface area (TPSA) is 60.1 Å². The molecule has 12 heteroatoms. The number of benzene rings is 1. The van der Waals surface area contributed by atoms with Crippen LogP contribution < -0.4 is 5.32 Å². The molecule has 3 rings (SSSR count). The number of carbonyl (C=O) groups excluding carboxylic acids is 1. The smallest absolute Gasteiger partial charge is 0.435 e. The van der Waals surface area contributed by atoms with Crippen molar-refractivity contribution >= 4 is 11.6 Å². The fourth-order valence-electron chi connectivity index (χ4n) is 2.59. The van der Waals surface area contributed by atoms with Gasteiger partial charge in [-0.15, -0.1) is 0 Å². The van der Waals surface area contributed by atoms with Crippen molar-refractivity contribution in [2.24, 2.45) is 0 Å². The fraction of sp³-hybridized carbons (Fsp3) is 0.222. The molecule has 2 heterocycles. The average molecular weight is 435 g/mol. The molecule has 0 aliphatic rings. The maximum Gasteiger partial charge on any atom is 0.435 e. The van der Waals surface area contributed by atoms with Crippen molar-refractivity contribution < 1.29 is 39.9 Å². The summed E-state index contributed by atoms with van der Waals surface area (Å²) in [4.78, 5) is 12.2. The number of hydrogen-bond acceptors (Lipinski definition) is 3. The maximum absolute atomic E-state index is 13.1. The molecule has 30 heavy (non-hydrogen) atoms. The van der Waals surface area contributed by atoms with Gasteiger partial charge in [0.2, 0.25) is 0 Å². The maximum atomic E-state index is 13.1. The number of halogens is 7. The van der Waals surface area contributed by atoms with Gasteiger partial charge >= 0.3 is 12.4 Å². The van der Waals surface area contributed by atoms with Crippen molar-refractivity contribution in [1.29, 1.82) is 0 Å². The Balaban J connectivity index is 1.81. The van der Waals surface area contributed by atoms with Crippen LogP contribution >= 0.6 is 0 Å². The third-order valence-electron chi connectivity index (χ3n) is 3.99. The number of amides is 1. The van der Waals surface area contributed by atoms with Crippen molar-refractivity contribution in [3.05, 3.63) is 70.7 Å². The van der Waals surface area contributed by atoms with Gasteiger partial charge < -0.3 is 9.73 Å². The lowest BCUT2D eigenvalue weighted by molar-refractivity contribution is -0.144. The first-order valence-electron chi connectivity index (χ1n) is 8.23. The molecular formula is C18H12F7N3O2. The second-order valence-corrected chi connectivity index (χ2v) is 6.25. The van der Waals surface area contributed by atoms with Crippen LogP contribution in [0.15, 0.2) is 40.8 Å². The fourth-order valence-corrected chi connectivity index (χ4v) is 2.59. The highest BCUT2D eigenvalue weighted by Crippen LogP contribution is 2.35. The summed E-state index contributed by atoms with van der Waals surface area (Å²) in [5.74, 6) is -1.81. The SMILES string of the molecule is Cc1cc(F)ccc1NC(=O)c1ccc(Cn2nc(C(F)(F)F)cc2C(F)(F)F)o1. The summed E-state index contributed by atoms with van der Waals surface area (Å²) in [5, 5.41) is 5.40. The number of nitrogens with one attached hydrogen (secondary N) is 1. The van der Waals surface area contributed by atoms with Gasteiger partial charge in [0.05, 0.1) is 6.54 Å². The first-order valence-corrected chi connectivity index (χ1v) is 8.23. The molecule has 2 aromatic heterocycles. The Morgan fingerprint density at radius 1 is 1.07 bits per heavy atom. The van der Waals surface area contributed by atoms with Crippen molar-refractivity contribution in [2.75, 3.05) is 5.32 Å². The van der Waals surface area contributed by atoms with Crippen LogP contribution in [0.5, 0.6) is 0 Å². The van der Waals surface area contributed by atoms with Crippen molar-refractivity contribution in [3.63, 3.8) is 0 Å².